The molecule has 0 aliphatic carbocycles. The summed E-state index contributed by atoms with van der Waals surface area (Å²) in [6.45, 7) is 0. The highest BCUT2D eigenvalue weighted by Gasteiger charge is 2.13. The monoisotopic (exact) mass is 383 g/mol. The van der Waals surface area contributed by atoms with Gasteiger partial charge in [0.2, 0.25) is 5.82 Å². The summed E-state index contributed by atoms with van der Waals surface area (Å²) in [5.41, 5.74) is 2.95. The third-order valence-electron chi connectivity index (χ3n) is 4.19. The van der Waals surface area contributed by atoms with Crippen LogP contribution in [0, 0.1) is 11.3 Å². The Morgan fingerprint density at radius 1 is 1.17 bits per heavy atom. The lowest BCUT2D eigenvalue weighted by Gasteiger charge is -2.09. The number of rotatable bonds is 5. The second-order valence-electron chi connectivity index (χ2n) is 6.01. The number of pyridine rings is 1. The Balaban J connectivity index is 1.71. The maximum absolute atomic E-state index is 11.7. The predicted octanol–water partition coefficient (Wildman–Crippen LogP) is 3.09. The molecule has 0 saturated carbocycles. The van der Waals surface area contributed by atoms with Crippen LogP contribution in [0.3, 0.4) is 0 Å². The minimum atomic E-state index is -1.01. The molecule has 2 aromatic carbocycles. The minimum absolute atomic E-state index is 0.179. The fraction of sp³-hybridized carbons (Fsp3) is 0. The van der Waals surface area contributed by atoms with E-state index in [1.165, 1.54) is 6.20 Å². The van der Waals surface area contributed by atoms with Crippen molar-refractivity contribution in [2.45, 2.75) is 0 Å². The first kappa shape index (κ1) is 17.8. The lowest BCUT2D eigenvalue weighted by Crippen LogP contribution is -2.00. The minimum Gasteiger partial charge on any atom is -0.478 e. The van der Waals surface area contributed by atoms with Crippen molar-refractivity contribution in [3.63, 3.8) is 0 Å². The van der Waals surface area contributed by atoms with E-state index < -0.39 is 5.97 Å². The smallest absolute Gasteiger partial charge is 0.336 e. The molecule has 0 unspecified atom stereocenters. The Kier molecular flexibility index (Phi) is 4.65. The van der Waals surface area contributed by atoms with E-state index in [2.05, 4.69) is 30.9 Å². The molecule has 2 heterocycles. The van der Waals surface area contributed by atoms with E-state index in [-0.39, 0.29) is 17.0 Å². The summed E-state index contributed by atoms with van der Waals surface area (Å²) in [4.78, 5) is 16.3. The number of nitrogens with zero attached hydrogens (tertiary/aromatic N) is 5. The average molecular weight is 383 g/mol. The highest BCUT2D eigenvalue weighted by atomic mass is 16.4. The van der Waals surface area contributed by atoms with E-state index >= 15 is 0 Å². The molecule has 140 valence electrons. The third-order valence-corrected chi connectivity index (χ3v) is 4.19. The molecule has 0 atom stereocenters. The van der Waals surface area contributed by atoms with Crippen LogP contribution in [0.4, 0.5) is 5.69 Å². The van der Waals surface area contributed by atoms with Crippen LogP contribution < -0.4 is 5.32 Å². The number of nitriles is 1. The van der Waals surface area contributed by atoms with Crippen molar-refractivity contribution in [1.82, 2.24) is 25.6 Å². The van der Waals surface area contributed by atoms with Crippen LogP contribution >= 0.6 is 0 Å². The fourth-order valence-corrected chi connectivity index (χ4v) is 2.85. The summed E-state index contributed by atoms with van der Waals surface area (Å²) < 4.78 is 0. The second-order valence-corrected chi connectivity index (χ2v) is 6.01. The molecule has 9 heteroatoms. The number of nitrogens with one attached hydrogen (secondary N) is 2. The van der Waals surface area contributed by atoms with Gasteiger partial charge in [-0.05, 0) is 29.5 Å². The Bertz CT molecular complexity index is 1270. The number of hydrogen-bond donors (Lipinski definition) is 3. The van der Waals surface area contributed by atoms with Gasteiger partial charge in [0.25, 0.3) is 0 Å². The van der Waals surface area contributed by atoms with Crippen molar-refractivity contribution in [3.05, 3.63) is 72.2 Å². The molecule has 4 aromatic rings. The summed E-state index contributed by atoms with van der Waals surface area (Å²) >= 11 is 0. The van der Waals surface area contributed by atoms with E-state index in [9.17, 15) is 15.2 Å². The van der Waals surface area contributed by atoms with Crippen molar-refractivity contribution in [3.8, 4) is 17.3 Å². The number of tetrazole rings is 1. The molecule has 0 saturated heterocycles. The summed E-state index contributed by atoms with van der Waals surface area (Å²) in [6, 6.07) is 17.9. The van der Waals surface area contributed by atoms with Crippen LogP contribution in [0.15, 0.2) is 60.8 Å². The van der Waals surface area contributed by atoms with Crippen LogP contribution in [-0.4, -0.2) is 36.7 Å². The summed E-state index contributed by atoms with van der Waals surface area (Å²) in [5.74, 6) is -0.834. The van der Waals surface area contributed by atoms with Gasteiger partial charge >= 0.3 is 5.97 Å². The number of aromatic amines is 1. The maximum Gasteiger partial charge on any atom is 0.336 e. The first-order valence-electron chi connectivity index (χ1n) is 8.50. The van der Waals surface area contributed by atoms with E-state index in [0.717, 1.165) is 5.56 Å². The molecule has 2 aromatic heterocycles. The van der Waals surface area contributed by atoms with Gasteiger partial charge in [-0.2, -0.15) is 10.5 Å². The largest absolute Gasteiger partial charge is 0.478 e. The van der Waals surface area contributed by atoms with E-state index in [0.29, 0.717) is 22.3 Å². The van der Waals surface area contributed by atoms with Crippen molar-refractivity contribution in [1.29, 1.82) is 5.26 Å². The summed E-state index contributed by atoms with van der Waals surface area (Å²) in [5, 5.41) is 35.7. The Labute approximate surface area is 164 Å². The SMILES string of the molecule is N#CC(=CNc1cccc(-c2cc(C(=O)O)c3ccccc3n2)c1)c1nn[nH]n1. The zero-order valence-electron chi connectivity index (χ0n) is 14.9. The van der Waals surface area contributed by atoms with Gasteiger partial charge in [-0.25, -0.2) is 9.78 Å². The number of allylic oxidation sites excluding steroid dienone is 1. The molecule has 0 aliphatic rings. The topological polar surface area (TPSA) is 140 Å². The molecular weight excluding hydrogens is 370 g/mol. The van der Waals surface area contributed by atoms with Gasteiger partial charge < -0.3 is 10.4 Å². The molecule has 29 heavy (non-hydrogen) atoms. The van der Waals surface area contributed by atoms with Crippen LogP contribution in [0.25, 0.3) is 27.7 Å². The number of aromatic nitrogens is 5. The average Bonchev–Trinajstić information content (AvgIpc) is 3.28. The number of benzene rings is 2. The van der Waals surface area contributed by atoms with Crippen molar-refractivity contribution >= 4 is 28.1 Å². The van der Waals surface area contributed by atoms with Crippen LogP contribution in [0.2, 0.25) is 0 Å². The quantitative estimate of drug-likeness (QED) is 0.447. The van der Waals surface area contributed by atoms with Gasteiger partial charge in [-0.3, -0.25) is 0 Å². The van der Waals surface area contributed by atoms with Crippen LogP contribution in [0.5, 0.6) is 0 Å². The lowest BCUT2D eigenvalue weighted by molar-refractivity contribution is 0.0699. The highest BCUT2D eigenvalue weighted by molar-refractivity contribution is 6.03. The number of H-pyrrole nitrogens is 1. The Morgan fingerprint density at radius 2 is 2.03 bits per heavy atom. The number of para-hydroxylation sites is 1. The summed E-state index contributed by atoms with van der Waals surface area (Å²) in [7, 11) is 0. The molecule has 0 amide bonds. The molecule has 9 nitrogen and oxygen atoms in total. The van der Waals surface area contributed by atoms with E-state index in [1.807, 2.05) is 36.4 Å². The second kappa shape index (κ2) is 7.58. The molecule has 0 bridgehead atoms. The Hall–Kier alpha value is -4.58. The molecule has 0 spiro atoms. The maximum atomic E-state index is 11.7. The number of carboxylic acids is 1. The molecular formula is C20H13N7O2. The van der Waals surface area contributed by atoms with Crippen molar-refractivity contribution in [2.75, 3.05) is 5.32 Å². The standard InChI is InChI=1S/C20H13N7O2/c21-10-13(19-24-26-27-25-19)11-22-14-5-3-4-12(8-14)18-9-16(20(28)29)15-6-1-2-7-17(15)23-18/h1-9,11,22H,(H,28,29)(H,24,25,26,27). The predicted molar refractivity (Wildman–Crippen MR) is 106 cm³/mol. The zero-order valence-corrected chi connectivity index (χ0v) is 14.9. The number of carbonyl (C=O) groups is 1. The third kappa shape index (κ3) is 3.63. The molecule has 0 radical (unpaired) electrons. The van der Waals surface area contributed by atoms with Crippen LogP contribution in [0.1, 0.15) is 16.2 Å². The Morgan fingerprint density at radius 3 is 2.79 bits per heavy atom. The molecule has 0 aliphatic heterocycles. The lowest BCUT2D eigenvalue weighted by atomic mass is 10.0. The molecule has 4 rings (SSSR count). The first-order chi connectivity index (χ1) is 14.2. The van der Waals surface area contributed by atoms with Gasteiger partial charge in [0.1, 0.15) is 11.6 Å². The highest BCUT2D eigenvalue weighted by Crippen LogP contribution is 2.26. The molecule has 0 fully saturated rings. The number of aromatic carboxylic acids is 1. The first-order valence-corrected chi connectivity index (χ1v) is 8.50. The number of hydrogen-bond acceptors (Lipinski definition) is 7. The summed E-state index contributed by atoms with van der Waals surface area (Å²) in [6.07, 6.45) is 1.47. The zero-order chi connectivity index (χ0) is 20.2. The van der Waals surface area contributed by atoms with E-state index in [1.54, 1.807) is 24.3 Å². The van der Waals surface area contributed by atoms with Gasteiger partial charge in [0.15, 0.2) is 0 Å². The van der Waals surface area contributed by atoms with Gasteiger partial charge in [0, 0.05) is 22.8 Å². The number of anilines is 1. The van der Waals surface area contributed by atoms with E-state index in [4.69, 9.17) is 0 Å². The number of carboxylic acid groups (broad SMARTS) is 1. The number of fused-ring (bicyclic) bond motifs is 1. The normalized spacial score (nSPS) is 11.2. The van der Waals surface area contributed by atoms with Crippen molar-refractivity contribution < 1.29 is 9.90 Å². The van der Waals surface area contributed by atoms with Gasteiger partial charge in [-0.15, -0.1) is 10.2 Å². The fourth-order valence-electron chi connectivity index (χ4n) is 2.85. The van der Waals surface area contributed by atoms with Crippen LogP contribution in [-0.2, 0) is 0 Å². The van der Waals surface area contributed by atoms with Crippen molar-refractivity contribution in [2.24, 2.45) is 0 Å². The van der Waals surface area contributed by atoms with Gasteiger partial charge in [0.05, 0.1) is 16.8 Å². The molecule has 3 N–H and O–H groups in total. The van der Waals surface area contributed by atoms with Gasteiger partial charge in [-0.1, -0.05) is 30.3 Å².